The van der Waals surface area contributed by atoms with Gasteiger partial charge in [0, 0.05) is 27.9 Å². The smallest absolute Gasteiger partial charge is 0.331 e. The zero-order valence-corrected chi connectivity index (χ0v) is 13.8. The lowest BCUT2D eigenvalue weighted by Gasteiger charge is -2.13. The summed E-state index contributed by atoms with van der Waals surface area (Å²) in [7, 11) is 1.67. The number of nitrogens with one attached hydrogen (secondary N) is 1. The number of rotatable bonds is 4. The number of halogens is 2. The van der Waals surface area contributed by atoms with Crippen LogP contribution in [-0.2, 0) is 11.8 Å². The molecule has 0 fully saturated rings. The van der Waals surface area contributed by atoms with E-state index in [1.54, 1.807) is 25.4 Å². The molecule has 0 spiro atoms. The summed E-state index contributed by atoms with van der Waals surface area (Å²) < 4.78 is 2.28. The van der Waals surface area contributed by atoms with Gasteiger partial charge in [0.2, 0.25) is 0 Å². The molecule has 1 atom stereocenters. The van der Waals surface area contributed by atoms with E-state index in [0.717, 1.165) is 3.57 Å². The second-order valence-corrected chi connectivity index (χ2v) is 5.89. The van der Waals surface area contributed by atoms with Gasteiger partial charge in [0.15, 0.2) is 6.04 Å². The lowest BCUT2D eigenvalue weighted by molar-refractivity contribution is -0.139. The molecule has 110 valence electrons. The van der Waals surface area contributed by atoms with Gasteiger partial charge in [-0.2, -0.15) is 5.10 Å². The van der Waals surface area contributed by atoms with E-state index in [1.807, 2.05) is 22.6 Å². The molecule has 0 aliphatic heterocycles. The number of aryl methyl sites for hydroxylation is 1. The van der Waals surface area contributed by atoms with E-state index in [0.29, 0.717) is 16.1 Å². The van der Waals surface area contributed by atoms with Crippen LogP contribution in [0.15, 0.2) is 30.6 Å². The van der Waals surface area contributed by atoms with Gasteiger partial charge < -0.3 is 10.4 Å². The maximum absolute atomic E-state index is 12.1. The number of carbonyl (C=O) groups excluding carboxylic acids is 1. The summed E-state index contributed by atoms with van der Waals surface area (Å²) >= 11 is 8.00. The van der Waals surface area contributed by atoms with Crippen molar-refractivity contribution in [2.24, 2.45) is 7.05 Å². The number of aromatic nitrogens is 2. The fourth-order valence-corrected chi connectivity index (χ4v) is 2.24. The van der Waals surface area contributed by atoms with Crippen LogP contribution in [-0.4, -0.2) is 26.8 Å². The van der Waals surface area contributed by atoms with Crippen LogP contribution < -0.4 is 5.32 Å². The first-order valence-electron chi connectivity index (χ1n) is 5.85. The van der Waals surface area contributed by atoms with Crippen LogP contribution in [0.25, 0.3) is 0 Å². The standard InChI is InChI=1S/C13H11ClIN3O3/c1-18-6-8(5-16-18)11(13(20)21)17-12(19)7-2-3-10(15)9(14)4-7/h2-6,11H,1H3,(H,17,19)(H,20,21). The third-order valence-electron chi connectivity index (χ3n) is 2.76. The Morgan fingerprint density at radius 1 is 1.48 bits per heavy atom. The summed E-state index contributed by atoms with van der Waals surface area (Å²) in [4.78, 5) is 23.5. The summed E-state index contributed by atoms with van der Waals surface area (Å²) in [6.07, 6.45) is 2.94. The van der Waals surface area contributed by atoms with Gasteiger partial charge in [-0.3, -0.25) is 9.48 Å². The Bertz CT molecular complexity index is 702. The number of benzene rings is 1. The first-order valence-corrected chi connectivity index (χ1v) is 7.31. The van der Waals surface area contributed by atoms with Crippen LogP contribution in [0.2, 0.25) is 5.02 Å². The van der Waals surface area contributed by atoms with E-state index in [-0.39, 0.29) is 0 Å². The number of aliphatic carboxylic acids is 1. The Balaban J connectivity index is 2.22. The molecule has 1 amide bonds. The maximum Gasteiger partial charge on any atom is 0.331 e. The van der Waals surface area contributed by atoms with E-state index >= 15 is 0 Å². The van der Waals surface area contributed by atoms with Gasteiger partial charge in [-0.15, -0.1) is 0 Å². The molecule has 2 aromatic rings. The van der Waals surface area contributed by atoms with Gasteiger partial charge in [0.1, 0.15) is 0 Å². The zero-order chi connectivity index (χ0) is 15.6. The summed E-state index contributed by atoms with van der Waals surface area (Å²) in [6, 6.07) is 3.62. The molecule has 1 heterocycles. The van der Waals surface area contributed by atoms with E-state index < -0.39 is 17.9 Å². The minimum absolute atomic E-state index is 0.301. The molecule has 0 aliphatic carbocycles. The first-order chi connectivity index (χ1) is 9.88. The molecule has 2 rings (SSSR count). The van der Waals surface area contributed by atoms with Crippen LogP contribution in [0.5, 0.6) is 0 Å². The van der Waals surface area contributed by atoms with Crippen molar-refractivity contribution in [3.8, 4) is 0 Å². The minimum Gasteiger partial charge on any atom is -0.479 e. The van der Waals surface area contributed by atoms with Crippen molar-refractivity contribution in [1.29, 1.82) is 0 Å². The number of amides is 1. The topological polar surface area (TPSA) is 84.2 Å². The zero-order valence-electron chi connectivity index (χ0n) is 10.9. The van der Waals surface area contributed by atoms with Crippen molar-refractivity contribution in [1.82, 2.24) is 15.1 Å². The van der Waals surface area contributed by atoms with Crippen LogP contribution in [0, 0.1) is 3.57 Å². The van der Waals surface area contributed by atoms with Crippen LogP contribution in [0.3, 0.4) is 0 Å². The highest BCUT2D eigenvalue weighted by molar-refractivity contribution is 14.1. The molecule has 6 nitrogen and oxygen atoms in total. The molecule has 0 saturated carbocycles. The van der Waals surface area contributed by atoms with E-state index in [2.05, 4.69) is 10.4 Å². The summed E-state index contributed by atoms with van der Waals surface area (Å²) in [5, 5.41) is 16.1. The van der Waals surface area contributed by atoms with Crippen molar-refractivity contribution >= 4 is 46.1 Å². The van der Waals surface area contributed by atoms with Crippen molar-refractivity contribution in [3.05, 3.63) is 50.3 Å². The SMILES string of the molecule is Cn1cc(C(NC(=O)c2ccc(I)c(Cl)c2)C(=O)O)cn1. The van der Waals surface area contributed by atoms with E-state index in [9.17, 15) is 14.7 Å². The fraction of sp³-hybridized carbons (Fsp3) is 0.154. The Kier molecular flexibility index (Phi) is 4.84. The summed E-state index contributed by atoms with van der Waals surface area (Å²) in [5.41, 5.74) is 0.700. The Morgan fingerprint density at radius 2 is 2.19 bits per heavy atom. The third kappa shape index (κ3) is 3.73. The summed E-state index contributed by atoms with van der Waals surface area (Å²) in [6.45, 7) is 0. The number of carboxylic acids is 1. The van der Waals surface area contributed by atoms with Gasteiger partial charge in [0.25, 0.3) is 5.91 Å². The van der Waals surface area contributed by atoms with E-state index in [1.165, 1.54) is 16.9 Å². The molecule has 0 saturated heterocycles. The molecule has 0 aliphatic rings. The normalized spacial score (nSPS) is 12.0. The number of carboxylic acid groups (broad SMARTS) is 1. The highest BCUT2D eigenvalue weighted by atomic mass is 127. The molecule has 0 radical (unpaired) electrons. The van der Waals surface area contributed by atoms with Gasteiger partial charge in [0.05, 0.1) is 11.2 Å². The Morgan fingerprint density at radius 3 is 2.71 bits per heavy atom. The highest BCUT2D eigenvalue weighted by Crippen LogP contribution is 2.20. The second-order valence-electron chi connectivity index (χ2n) is 4.32. The largest absolute Gasteiger partial charge is 0.479 e. The van der Waals surface area contributed by atoms with Crippen LogP contribution >= 0.6 is 34.2 Å². The quantitative estimate of drug-likeness (QED) is 0.745. The average molecular weight is 420 g/mol. The van der Waals surface area contributed by atoms with Gasteiger partial charge >= 0.3 is 5.97 Å². The first kappa shape index (κ1) is 15.8. The monoisotopic (exact) mass is 419 g/mol. The number of nitrogens with zero attached hydrogens (tertiary/aromatic N) is 2. The molecule has 1 aromatic carbocycles. The van der Waals surface area contributed by atoms with E-state index in [4.69, 9.17) is 11.6 Å². The second kappa shape index (κ2) is 6.44. The molecule has 21 heavy (non-hydrogen) atoms. The molecular formula is C13H11ClIN3O3. The fourth-order valence-electron chi connectivity index (χ4n) is 1.73. The minimum atomic E-state index is -1.16. The molecule has 1 unspecified atom stereocenters. The number of hydrogen-bond acceptors (Lipinski definition) is 3. The van der Waals surface area contributed by atoms with Crippen molar-refractivity contribution < 1.29 is 14.7 Å². The maximum atomic E-state index is 12.1. The predicted octanol–water partition coefficient (Wildman–Crippen LogP) is 2.23. The van der Waals surface area contributed by atoms with Crippen molar-refractivity contribution in [2.45, 2.75) is 6.04 Å². The van der Waals surface area contributed by atoms with Gasteiger partial charge in [-0.25, -0.2) is 4.79 Å². The number of hydrogen-bond donors (Lipinski definition) is 2. The highest BCUT2D eigenvalue weighted by Gasteiger charge is 2.24. The average Bonchev–Trinajstić information content (AvgIpc) is 2.84. The third-order valence-corrected chi connectivity index (χ3v) is 4.33. The Hall–Kier alpha value is -1.61. The number of carbonyl (C=O) groups is 2. The molecule has 8 heteroatoms. The Labute approximate surface area is 139 Å². The van der Waals surface area contributed by atoms with Gasteiger partial charge in [-0.05, 0) is 40.8 Å². The molecular weight excluding hydrogens is 409 g/mol. The van der Waals surface area contributed by atoms with Crippen molar-refractivity contribution in [2.75, 3.05) is 0 Å². The van der Waals surface area contributed by atoms with Crippen LogP contribution in [0.1, 0.15) is 22.0 Å². The lowest BCUT2D eigenvalue weighted by atomic mass is 10.1. The molecule has 0 bridgehead atoms. The lowest BCUT2D eigenvalue weighted by Crippen LogP contribution is -2.33. The van der Waals surface area contributed by atoms with Gasteiger partial charge in [-0.1, -0.05) is 11.6 Å². The van der Waals surface area contributed by atoms with Crippen molar-refractivity contribution in [3.63, 3.8) is 0 Å². The summed E-state index contributed by atoms with van der Waals surface area (Å²) in [5.74, 6) is -1.67. The molecule has 2 N–H and O–H groups in total. The predicted molar refractivity (Wildman–Crippen MR) is 85.2 cm³/mol. The molecule has 1 aromatic heterocycles. The van der Waals surface area contributed by atoms with Crippen LogP contribution in [0.4, 0.5) is 0 Å².